The third kappa shape index (κ3) is 5.63. The van der Waals surface area contributed by atoms with Crippen molar-refractivity contribution in [2.24, 2.45) is 0 Å². The van der Waals surface area contributed by atoms with Crippen LogP contribution in [-0.4, -0.2) is 49.9 Å². The van der Waals surface area contributed by atoms with Gasteiger partial charge >= 0.3 is 0 Å². The molecule has 178 valence electrons. The van der Waals surface area contributed by atoms with Gasteiger partial charge in [-0.25, -0.2) is 4.98 Å². The number of carbonyl (C=O) groups is 2. The van der Waals surface area contributed by atoms with E-state index in [0.29, 0.717) is 43.9 Å². The van der Waals surface area contributed by atoms with Crippen molar-refractivity contribution < 1.29 is 23.8 Å². The number of anilines is 1. The highest BCUT2D eigenvalue weighted by molar-refractivity contribution is 8.01. The van der Waals surface area contributed by atoms with E-state index in [9.17, 15) is 9.59 Å². The van der Waals surface area contributed by atoms with Crippen LogP contribution in [0.2, 0.25) is 0 Å². The number of methoxy groups -OCH3 is 3. The van der Waals surface area contributed by atoms with Gasteiger partial charge in [0, 0.05) is 17.2 Å². The molecule has 0 spiro atoms. The standard InChI is InChI=1S/C24H25N3O5S2/c1-30-17-11-15(12-18(31-2)21(17)32-3)22(29)27-23-20(14-7-5-4-6-8-14)26-24(34-23)33-13-19(28)25-16-9-10-16/h4-8,11-12,16H,9-10,13H2,1-3H3,(H,25,28)(H,27,29). The molecule has 0 atom stereocenters. The van der Waals surface area contributed by atoms with Gasteiger partial charge in [-0.3, -0.25) is 9.59 Å². The van der Waals surface area contributed by atoms with Crippen molar-refractivity contribution in [3.8, 4) is 28.5 Å². The molecular weight excluding hydrogens is 474 g/mol. The molecule has 0 saturated heterocycles. The maximum Gasteiger partial charge on any atom is 0.256 e. The fraction of sp³-hybridized carbons (Fsp3) is 0.292. The topological polar surface area (TPSA) is 98.8 Å². The third-order valence-electron chi connectivity index (χ3n) is 5.08. The Morgan fingerprint density at radius 2 is 1.74 bits per heavy atom. The van der Waals surface area contributed by atoms with Crippen LogP contribution in [0.1, 0.15) is 23.2 Å². The highest BCUT2D eigenvalue weighted by Gasteiger charge is 2.24. The summed E-state index contributed by atoms with van der Waals surface area (Å²) in [6.45, 7) is 0. The molecule has 1 aliphatic rings. The fourth-order valence-corrected chi connectivity index (χ4v) is 5.12. The Hall–Kier alpha value is -3.24. The van der Waals surface area contributed by atoms with Gasteiger partial charge in [-0.05, 0) is 25.0 Å². The molecule has 8 nitrogen and oxygen atoms in total. The zero-order valence-corrected chi connectivity index (χ0v) is 20.7. The third-order valence-corrected chi connectivity index (χ3v) is 7.19. The maximum absolute atomic E-state index is 13.2. The lowest BCUT2D eigenvalue weighted by Gasteiger charge is -2.14. The lowest BCUT2D eigenvalue weighted by atomic mass is 10.1. The van der Waals surface area contributed by atoms with Gasteiger partial charge < -0.3 is 24.8 Å². The van der Waals surface area contributed by atoms with E-state index in [2.05, 4.69) is 10.6 Å². The molecule has 1 fully saturated rings. The van der Waals surface area contributed by atoms with Gasteiger partial charge in [0.15, 0.2) is 15.8 Å². The van der Waals surface area contributed by atoms with Crippen LogP contribution in [0.4, 0.5) is 5.00 Å². The first-order valence-electron chi connectivity index (χ1n) is 10.6. The number of hydrogen-bond acceptors (Lipinski definition) is 8. The Morgan fingerprint density at radius 3 is 2.32 bits per heavy atom. The molecular formula is C24H25N3O5S2. The lowest BCUT2D eigenvalue weighted by molar-refractivity contribution is -0.118. The van der Waals surface area contributed by atoms with Gasteiger partial charge in [0.05, 0.1) is 27.1 Å². The van der Waals surface area contributed by atoms with E-state index in [-0.39, 0.29) is 17.6 Å². The molecule has 1 aliphatic carbocycles. The number of hydrogen-bond donors (Lipinski definition) is 2. The van der Waals surface area contributed by atoms with Crippen LogP contribution in [0.5, 0.6) is 17.2 Å². The summed E-state index contributed by atoms with van der Waals surface area (Å²) in [4.78, 5) is 30.0. The number of nitrogens with zero attached hydrogens (tertiary/aromatic N) is 1. The fourth-order valence-electron chi connectivity index (χ4n) is 3.25. The molecule has 1 aromatic heterocycles. The SMILES string of the molecule is COc1cc(C(=O)Nc2sc(SCC(=O)NC3CC3)nc2-c2ccccc2)cc(OC)c1OC. The smallest absolute Gasteiger partial charge is 0.256 e. The monoisotopic (exact) mass is 499 g/mol. The van der Waals surface area contributed by atoms with Crippen molar-refractivity contribution >= 4 is 39.9 Å². The van der Waals surface area contributed by atoms with E-state index in [1.54, 1.807) is 12.1 Å². The van der Waals surface area contributed by atoms with E-state index < -0.39 is 0 Å². The van der Waals surface area contributed by atoms with Crippen molar-refractivity contribution in [3.63, 3.8) is 0 Å². The summed E-state index contributed by atoms with van der Waals surface area (Å²) in [7, 11) is 4.50. The van der Waals surface area contributed by atoms with Crippen LogP contribution in [0.25, 0.3) is 11.3 Å². The van der Waals surface area contributed by atoms with E-state index in [4.69, 9.17) is 19.2 Å². The zero-order valence-electron chi connectivity index (χ0n) is 19.0. The first kappa shape index (κ1) is 23.9. The molecule has 10 heteroatoms. The molecule has 0 unspecified atom stereocenters. The van der Waals surface area contributed by atoms with Crippen LogP contribution in [0.15, 0.2) is 46.8 Å². The Kier molecular flexibility index (Phi) is 7.59. The van der Waals surface area contributed by atoms with E-state index in [1.165, 1.54) is 44.4 Å². The van der Waals surface area contributed by atoms with Gasteiger partial charge in [-0.15, -0.1) is 0 Å². The summed E-state index contributed by atoms with van der Waals surface area (Å²) in [5.74, 6) is 1.11. The number of amides is 2. The highest BCUT2D eigenvalue weighted by atomic mass is 32.2. The van der Waals surface area contributed by atoms with Crippen LogP contribution in [-0.2, 0) is 4.79 Å². The predicted octanol–water partition coefficient (Wildman–Crippen LogP) is 4.46. The van der Waals surface area contributed by atoms with Crippen molar-refractivity contribution in [2.45, 2.75) is 23.2 Å². The Bertz CT molecular complexity index is 1150. The zero-order chi connectivity index (χ0) is 24.1. The van der Waals surface area contributed by atoms with Crippen molar-refractivity contribution in [3.05, 3.63) is 48.0 Å². The Balaban J connectivity index is 1.59. The number of thiazole rings is 1. The predicted molar refractivity (Wildman–Crippen MR) is 133 cm³/mol. The average molecular weight is 500 g/mol. The van der Waals surface area contributed by atoms with Crippen LogP contribution < -0.4 is 24.8 Å². The van der Waals surface area contributed by atoms with Crippen molar-refractivity contribution in [1.29, 1.82) is 0 Å². The second-order valence-corrected chi connectivity index (χ2v) is 9.74. The highest BCUT2D eigenvalue weighted by Crippen LogP contribution is 2.40. The molecule has 2 N–H and O–H groups in total. The molecule has 3 aromatic rings. The van der Waals surface area contributed by atoms with Gasteiger partial charge in [-0.2, -0.15) is 0 Å². The molecule has 0 radical (unpaired) electrons. The number of rotatable bonds is 10. The second kappa shape index (κ2) is 10.8. The summed E-state index contributed by atoms with van der Waals surface area (Å²) in [5.41, 5.74) is 1.87. The molecule has 4 rings (SSSR count). The van der Waals surface area contributed by atoms with Gasteiger partial charge in [0.25, 0.3) is 5.91 Å². The minimum atomic E-state index is -0.344. The molecule has 1 heterocycles. The summed E-state index contributed by atoms with van der Waals surface area (Å²) in [5, 5.41) is 6.53. The summed E-state index contributed by atoms with van der Waals surface area (Å²) < 4.78 is 16.8. The minimum absolute atomic E-state index is 0.00744. The van der Waals surface area contributed by atoms with Crippen molar-refractivity contribution in [2.75, 3.05) is 32.4 Å². The van der Waals surface area contributed by atoms with Crippen LogP contribution >= 0.6 is 23.1 Å². The molecule has 1 saturated carbocycles. The van der Waals surface area contributed by atoms with Crippen LogP contribution in [0, 0.1) is 0 Å². The Morgan fingerprint density at radius 1 is 1.06 bits per heavy atom. The minimum Gasteiger partial charge on any atom is -0.493 e. The number of ether oxygens (including phenoxy) is 3. The van der Waals surface area contributed by atoms with Gasteiger partial charge in [0.1, 0.15) is 10.7 Å². The summed E-state index contributed by atoms with van der Waals surface area (Å²) >= 11 is 2.69. The number of thioether (sulfide) groups is 1. The first-order chi connectivity index (χ1) is 16.5. The number of benzene rings is 2. The quantitative estimate of drug-likeness (QED) is 0.398. The molecule has 0 bridgehead atoms. The van der Waals surface area contributed by atoms with E-state index in [0.717, 1.165) is 18.4 Å². The Labute approximate surface area is 206 Å². The number of carbonyl (C=O) groups excluding carboxylic acids is 2. The second-order valence-electron chi connectivity index (χ2n) is 7.52. The number of aromatic nitrogens is 1. The molecule has 2 amide bonds. The number of nitrogens with one attached hydrogen (secondary N) is 2. The van der Waals surface area contributed by atoms with Crippen molar-refractivity contribution in [1.82, 2.24) is 10.3 Å². The van der Waals surface area contributed by atoms with E-state index >= 15 is 0 Å². The average Bonchev–Trinajstić information content (AvgIpc) is 3.59. The molecule has 34 heavy (non-hydrogen) atoms. The summed E-state index contributed by atoms with van der Waals surface area (Å²) in [6, 6.07) is 13.1. The largest absolute Gasteiger partial charge is 0.493 e. The van der Waals surface area contributed by atoms with Crippen LogP contribution in [0.3, 0.4) is 0 Å². The molecule has 2 aromatic carbocycles. The normalized spacial score (nSPS) is 12.7. The van der Waals surface area contributed by atoms with Gasteiger partial charge in [-0.1, -0.05) is 53.4 Å². The van der Waals surface area contributed by atoms with E-state index in [1.807, 2.05) is 30.3 Å². The summed E-state index contributed by atoms with van der Waals surface area (Å²) in [6.07, 6.45) is 2.09. The molecule has 0 aliphatic heterocycles. The first-order valence-corrected chi connectivity index (χ1v) is 12.4. The lowest BCUT2D eigenvalue weighted by Crippen LogP contribution is -2.26. The van der Waals surface area contributed by atoms with Gasteiger partial charge in [0.2, 0.25) is 11.7 Å². The maximum atomic E-state index is 13.2.